The number of hydrogen-bond acceptors (Lipinski definition) is 3. The predicted octanol–water partition coefficient (Wildman–Crippen LogP) is 1.61. The van der Waals surface area contributed by atoms with Crippen LogP contribution in [0.15, 0.2) is 43.0 Å². The normalized spacial score (nSPS) is 11.9. The second-order valence-corrected chi connectivity index (χ2v) is 5.16. The van der Waals surface area contributed by atoms with Crippen molar-refractivity contribution in [3.8, 4) is 0 Å². The molecule has 0 saturated carbocycles. The minimum absolute atomic E-state index is 0.193. The number of amides is 2. The molecule has 1 aromatic heterocycles. The van der Waals surface area contributed by atoms with Crippen LogP contribution in [0.5, 0.6) is 0 Å². The summed E-state index contributed by atoms with van der Waals surface area (Å²) >= 11 is 0. The zero-order chi connectivity index (χ0) is 15.8. The Kier molecular flexibility index (Phi) is 5.97. The first-order chi connectivity index (χ1) is 10.7. The van der Waals surface area contributed by atoms with Crippen LogP contribution in [-0.2, 0) is 6.54 Å². The lowest BCUT2D eigenvalue weighted by Gasteiger charge is -2.15. The van der Waals surface area contributed by atoms with Crippen LogP contribution in [0.2, 0.25) is 0 Å². The molecular formula is C16H22N4O2. The number of carbonyl (C=O) groups excluding carboxylic acids is 1. The van der Waals surface area contributed by atoms with Crippen LogP contribution in [0.3, 0.4) is 0 Å². The first kappa shape index (κ1) is 16.0. The number of benzene rings is 1. The van der Waals surface area contributed by atoms with E-state index in [2.05, 4.69) is 15.6 Å². The summed E-state index contributed by atoms with van der Waals surface area (Å²) in [4.78, 5) is 15.6. The Morgan fingerprint density at radius 3 is 2.91 bits per heavy atom. The van der Waals surface area contributed by atoms with E-state index in [1.807, 2.05) is 42.0 Å². The summed E-state index contributed by atoms with van der Waals surface area (Å²) in [6.45, 7) is 3.52. The van der Waals surface area contributed by atoms with E-state index >= 15 is 0 Å². The van der Waals surface area contributed by atoms with E-state index in [1.165, 1.54) is 0 Å². The van der Waals surface area contributed by atoms with E-state index in [-0.39, 0.29) is 12.6 Å². The average Bonchev–Trinajstić information content (AvgIpc) is 3.03. The molecule has 3 N–H and O–H groups in total. The van der Waals surface area contributed by atoms with Gasteiger partial charge in [0.2, 0.25) is 0 Å². The molecule has 0 spiro atoms. The van der Waals surface area contributed by atoms with Crippen LogP contribution in [0.4, 0.5) is 4.79 Å². The molecule has 0 aliphatic heterocycles. The summed E-state index contributed by atoms with van der Waals surface area (Å²) in [7, 11) is 0. The number of urea groups is 1. The van der Waals surface area contributed by atoms with Crippen LogP contribution in [-0.4, -0.2) is 33.8 Å². The topological polar surface area (TPSA) is 79.2 Å². The molecule has 0 radical (unpaired) electrons. The molecule has 0 saturated heterocycles. The Morgan fingerprint density at radius 1 is 1.36 bits per heavy atom. The lowest BCUT2D eigenvalue weighted by Crippen LogP contribution is -2.38. The molecule has 1 atom stereocenters. The maximum atomic E-state index is 11.7. The van der Waals surface area contributed by atoms with Gasteiger partial charge in [-0.15, -0.1) is 0 Å². The first-order valence-corrected chi connectivity index (χ1v) is 7.38. The van der Waals surface area contributed by atoms with Crippen molar-refractivity contribution < 1.29 is 9.90 Å². The molecule has 0 bridgehead atoms. The van der Waals surface area contributed by atoms with E-state index in [4.69, 9.17) is 0 Å². The standard InChI is InChI=1S/C16H22N4O2/c1-13-5-2-3-6-14(13)15(21)11-19-16(22)18-7-4-9-20-10-8-17-12-20/h2-3,5-6,8,10,12,15,21H,4,7,9,11H2,1H3,(H2,18,19,22). The second-order valence-electron chi connectivity index (χ2n) is 5.16. The molecule has 6 heteroatoms. The summed E-state index contributed by atoms with van der Waals surface area (Å²) in [6, 6.07) is 7.34. The Bertz CT molecular complexity index is 584. The number of aliphatic hydroxyl groups is 1. The van der Waals surface area contributed by atoms with Crippen molar-refractivity contribution in [1.82, 2.24) is 20.2 Å². The van der Waals surface area contributed by atoms with Crippen molar-refractivity contribution in [2.45, 2.75) is 26.0 Å². The highest BCUT2D eigenvalue weighted by molar-refractivity contribution is 5.73. The van der Waals surface area contributed by atoms with Gasteiger partial charge in [0, 0.05) is 32.0 Å². The third kappa shape index (κ3) is 4.89. The number of rotatable bonds is 7. The SMILES string of the molecule is Cc1ccccc1C(O)CNC(=O)NCCCn1ccnc1. The molecule has 22 heavy (non-hydrogen) atoms. The molecular weight excluding hydrogens is 280 g/mol. The number of nitrogens with one attached hydrogen (secondary N) is 2. The van der Waals surface area contributed by atoms with E-state index in [0.29, 0.717) is 6.54 Å². The van der Waals surface area contributed by atoms with Crippen molar-refractivity contribution in [3.63, 3.8) is 0 Å². The zero-order valence-electron chi connectivity index (χ0n) is 12.7. The lowest BCUT2D eigenvalue weighted by atomic mass is 10.0. The molecule has 0 aliphatic rings. The van der Waals surface area contributed by atoms with Gasteiger partial charge in [0.25, 0.3) is 0 Å². The van der Waals surface area contributed by atoms with Gasteiger partial charge in [0.1, 0.15) is 0 Å². The maximum absolute atomic E-state index is 11.7. The highest BCUT2D eigenvalue weighted by atomic mass is 16.3. The van der Waals surface area contributed by atoms with Crippen molar-refractivity contribution in [1.29, 1.82) is 0 Å². The summed E-state index contributed by atoms with van der Waals surface area (Å²) in [5.74, 6) is 0. The van der Waals surface area contributed by atoms with E-state index in [9.17, 15) is 9.90 Å². The highest BCUT2D eigenvalue weighted by Gasteiger charge is 2.10. The third-order valence-electron chi connectivity index (χ3n) is 3.44. The minimum atomic E-state index is -0.696. The van der Waals surface area contributed by atoms with Gasteiger partial charge in [-0.05, 0) is 24.5 Å². The zero-order valence-corrected chi connectivity index (χ0v) is 12.7. The van der Waals surface area contributed by atoms with Gasteiger partial charge in [0.05, 0.1) is 12.4 Å². The molecule has 1 aromatic carbocycles. The molecule has 0 aliphatic carbocycles. The minimum Gasteiger partial charge on any atom is -0.387 e. The predicted molar refractivity (Wildman–Crippen MR) is 84.4 cm³/mol. The van der Waals surface area contributed by atoms with Crippen LogP contribution in [0.25, 0.3) is 0 Å². The molecule has 6 nitrogen and oxygen atoms in total. The molecule has 2 aromatic rings. The summed E-state index contributed by atoms with van der Waals surface area (Å²) < 4.78 is 1.96. The van der Waals surface area contributed by atoms with E-state index in [0.717, 1.165) is 24.1 Å². The number of aryl methyl sites for hydroxylation is 2. The number of hydrogen-bond donors (Lipinski definition) is 3. The maximum Gasteiger partial charge on any atom is 0.314 e. The Labute approximate surface area is 130 Å². The largest absolute Gasteiger partial charge is 0.387 e. The number of carbonyl (C=O) groups is 1. The van der Waals surface area contributed by atoms with Crippen molar-refractivity contribution in [2.75, 3.05) is 13.1 Å². The van der Waals surface area contributed by atoms with Gasteiger partial charge in [-0.1, -0.05) is 24.3 Å². The average molecular weight is 302 g/mol. The fourth-order valence-corrected chi connectivity index (χ4v) is 2.21. The fraction of sp³-hybridized carbons (Fsp3) is 0.375. The molecule has 1 unspecified atom stereocenters. The number of imidazole rings is 1. The van der Waals surface area contributed by atoms with Gasteiger partial charge < -0.3 is 20.3 Å². The molecule has 2 rings (SSSR count). The van der Waals surface area contributed by atoms with E-state index in [1.54, 1.807) is 12.5 Å². The number of aromatic nitrogens is 2. The summed E-state index contributed by atoms with van der Waals surface area (Å²) in [6.07, 6.45) is 5.49. The fourth-order valence-electron chi connectivity index (χ4n) is 2.21. The van der Waals surface area contributed by atoms with Gasteiger partial charge in [-0.3, -0.25) is 0 Å². The molecule has 1 heterocycles. The molecule has 0 fully saturated rings. The van der Waals surface area contributed by atoms with Crippen LogP contribution >= 0.6 is 0 Å². The third-order valence-corrected chi connectivity index (χ3v) is 3.44. The van der Waals surface area contributed by atoms with Gasteiger partial charge in [0.15, 0.2) is 0 Å². The summed E-state index contributed by atoms with van der Waals surface area (Å²) in [5, 5.41) is 15.5. The molecule has 2 amide bonds. The summed E-state index contributed by atoms with van der Waals surface area (Å²) in [5.41, 5.74) is 1.85. The second kappa shape index (κ2) is 8.19. The van der Waals surface area contributed by atoms with Crippen molar-refractivity contribution >= 4 is 6.03 Å². The van der Waals surface area contributed by atoms with Gasteiger partial charge >= 0.3 is 6.03 Å². The Balaban J connectivity index is 1.64. The number of nitrogens with zero attached hydrogens (tertiary/aromatic N) is 2. The lowest BCUT2D eigenvalue weighted by molar-refractivity contribution is 0.172. The Hall–Kier alpha value is -2.34. The van der Waals surface area contributed by atoms with E-state index < -0.39 is 6.10 Å². The van der Waals surface area contributed by atoms with Crippen LogP contribution in [0, 0.1) is 6.92 Å². The van der Waals surface area contributed by atoms with Crippen LogP contribution < -0.4 is 10.6 Å². The van der Waals surface area contributed by atoms with Gasteiger partial charge in [-0.2, -0.15) is 0 Å². The van der Waals surface area contributed by atoms with Crippen molar-refractivity contribution in [2.24, 2.45) is 0 Å². The highest BCUT2D eigenvalue weighted by Crippen LogP contribution is 2.15. The monoisotopic (exact) mass is 302 g/mol. The van der Waals surface area contributed by atoms with Crippen LogP contribution in [0.1, 0.15) is 23.7 Å². The quantitative estimate of drug-likeness (QED) is 0.680. The Morgan fingerprint density at radius 2 is 2.18 bits per heavy atom. The smallest absolute Gasteiger partial charge is 0.314 e. The van der Waals surface area contributed by atoms with Crippen molar-refractivity contribution in [3.05, 3.63) is 54.1 Å². The number of aliphatic hydroxyl groups excluding tert-OH is 1. The first-order valence-electron chi connectivity index (χ1n) is 7.38. The van der Waals surface area contributed by atoms with Gasteiger partial charge in [-0.25, -0.2) is 9.78 Å². The molecule has 118 valence electrons.